The maximum Gasteiger partial charge on any atom is 0.497 e. The Balaban J connectivity index is 1.71. The van der Waals surface area contributed by atoms with E-state index in [2.05, 4.69) is 76.3 Å². The van der Waals surface area contributed by atoms with Gasteiger partial charge in [-0.05, 0) is 86.1 Å². The molecule has 5 aromatic rings. The van der Waals surface area contributed by atoms with Gasteiger partial charge in [0.2, 0.25) is 0 Å². The molecule has 37 heavy (non-hydrogen) atoms. The van der Waals surface area contributed by atoms with E-state index in [9.17, 15) is 0 Å². The summed E-state index contributed by atoms with van der Waals surface area (Å²) in [7, 11) is -0.748. The fraction of sp³-hybridized carbons (Fsp3) is 0.438. The van der Waals surface area contributed by atoms with E-state index in [0.29, 0.717) is 5.46 Å². The predicted molar refractivity (Wildman–Crippen MR) is 154 cm³/mol. The van der Waals surface area contributed by atoms with E-state index < -0.39 is 18.3 Å². The highest BCUT2D eigenvalue weighted by atomic mass is 19.1. The van der Waals surface area contributed by atoms with Gasteiger partial charge in [-0.3, -0.25) is 0 Å². The molecular formula is C32H37BFNO2. The van der Waals surface area contributed by atoms with Crippen molar-refractivity contribution in [1.82, 2.24) is 4.40 Å². The number of hydrogen-bond donors (Lipinski definition) is 0. The summed E-state index contributed by atoms with van der Waals surface area (Å²) in [5, 5.41) is 4.61. The Morgan fingerprint density at radius 3 is 1.73 bits per heavy atom. The molecule has 3 aromatic carbocycles. The summed E-state index contributed by atoms with van der Waals surface area (Å²) in [5.74, 6) is -0.303. The molecule has 0 spiro atoms. The molecule has 0 radical (unpaired) electrons. The number of nitrogens with zero attached hydrogens (tertiary/aromatic N) is 1. The van der Waals surface area contributed by atoms with Crippen LogP contribution in [0.1, 0.15) is 80.4 Å². The van der Waals surface area contributed by atoms with Gasteiger partial charge in [0, 0.05) is 27.0 Å². The van der Waals surface area contributed by atoms with E-state index in [-0.39, 0.29) is 16.6 Å². The Hall–Kier alpha value is -2.63. The van der Waals surface area contributed by atoms with Crippen molar-refractivity contribution in [2.24, 2.45) is 0 Å². The van der Waals surface area contributed by atoms with Crippen molar-refractivity contribution >= 4 is 50.7 Å². The van der Waals surface area contributed by atoms with Crippen molar-refractivity contribution < 1.29 is 13.7 Å². The second kappa shape index (κ2) is 7.27. The second-order valence-corrected chi connectivity index (χ2v) is 14.0. The molecule has 0 saturated carbocycles. The van der Waals surface area contributed by atoms with Crippen LogP contribution in [0.25, 0.3) is 38.1 Å². The molecule has 0 unspecified atom stereocenters. The molecule has 1 fully saturated rings. The third-order valence-electron chi connectivity index (χ3n) is 8.75. The number of hydrogen-bond acceptors (Lipinski definition) is 2. The van der Waals surface area contributed by atoms with Crippen LogP contribution < -0.4 is 5.46 Å². The monoisotopic (exact) mass is 497 g/mol. The minimum atomic E-state index is -0.748. The molecule has 1 saturated heterocycles. The number of rotatable bonds is 1. The van der Waals surface area contributed by atoms with Crippen LogP contribution in [0, 0.1) is 5.82 Å². The third kappa shape index (κ3) is 3.46. The summed E-state index contributed by atoms with van der Waals surface area (Å²) < 4.78 is 30.6. The Morgan fingerprint density at radius 2 is 1.19 bits per heavy atom. The lowest BCUT2D eigenvalue weighted by molar-refractivity contribution is 0.00578. The maximum absolute atomic E-state index is 15.8. The lowest BCUT2D eigenvalue weighted by Crippen LogP contribution is -2.41. The fourth-order valence-electron chi connectivity index (χ4n) is 5.63. The summed E-state index contributed by atoms with van der Waals surface area (Å²) in [6, 6.07) is 15.0. The molecule has 1 aliphatic rings. The van der Waals surface area contributed by atoms with Crippen LogP contribution in [0.3, 0.4) is 0 Å². The van der Waals surface area contributed by atoms with Crippen LogP contribution in [-0.4, -0.2) is 22.7 Å². The maximum atomic E-state index is 15.8. The Kier molecular flexibility index (Phi) is 4.85. The van der Waals surface area contributed by atoms with Gasteiger partial charge in [-0.2, -0.15) is 0 Å². The van der Waals surface area contributed by atoms with Crippen molar-refractivity contribution in [3.63, 3.8) is 0 Å². The molecule has 192 valence electrons. The van der Waals surface area contributed by atoms with Gasteiger partial charge in [0.1, 0.15) is 5.82 Å². The molecule has 0 bridgehead atoms. The van der Waals surface area contributed by atoms with Crippen molar-refractivity contribution in [2.45, 2.75) is 91.3 Å². The van der Waals surface area contributed by atoms with Gasteiger partial charge in [0.05, 0.1) is 27.8 Å². The molecule has 6 rings (SSSR count). The zero-order chi connectivity index (χ0) is 26.9. The first-order chi connectivity index (χ1) is 17.0. The van der Waals surface area contributed by atoms with Gasteiger partial charge < -0.3 is 13.7 Å². The highest BCUT2D eigenvalue weighted by molar-refractivity contribution is 6.62. The van der Waals surface area contributed by atoms with E-state index in [4.69, 9.17) is 9.31 Å². The van der Waals surface area contributed by atoms with E-state index in [1.165, 1.54) is 21.9 Å². The van der Waals surface area contributed by atoms with E-state index in [0.717, 1.165) is 27.3 Å². The largest absolute Gasteiger partial charge is 0.497 e. The highest BCUT2D eigenvalue weighted by Gasteiger charge is 2.52. The van der Waals surface area contributed by atoms with E-state index in [1.807, 2.05) is 33.8 Å². The smallest absolute Gasteiger partial charge is 0.399 e. The first-order valence-electron chi connectivity index (χ1n) is 13.3. The molecule has 3 heterocycles. The summed E-state index contributed by atoms with van der Waals surface area (Å²) in [6.07, 6.45) is 0. The normalized spacial score (nSPS) is 18.3. The molecule has 1 aliphatic heterocycles. The predicted octanol–water partition coefficient (Wildman–Crippen LogP) is 7.87. The average molecular weight is 497 g/mol. The molecule has 0 atom stereocenters. The Morgan fingerprint density at radius 1 is 0.676 bits per heavy atom. The van der Waals surface area contributed by atoms with Crippen molar-refractivity contribution in [1.29, 1.82) is 0 Å². The standard InChI is InChI=1S/C32H37BFNO2/c1-29(2,3)18-11-12-26-20(13-18)22-14-19(30(4,5)6)15-23-21-16-24(25(34)17-27(21)35(26)28(22)23)33-36-31(7,8)32(9,10)37-33/h11-17H,1-10H3. The zero-order valence-corrected chi connectivity index (χ0v) is 23.8. The SMILES string of the molecule is CC(C)(C)c1ccc2c(c1)c1cc(C(C)(C)C)cc3c4cc(B5OC(C)(C)C(C)(C)O5)c(F)cc4n2c13. The topological polar surface area (TPSA) is 22.9 Å². The summed E-state index contributed by atoms with van der Waals surface area (Å²) in [5.41, 5.74) is 5.10. The quantitative estimate of drug-likeness (QED) is 0.220. The zero-order valence-electron chi connectivity index (χ0n) is 23.8. The molecule has 5 heteroatoms. The Labute approximate surface area is 219 Å². The number of fused-ring (bicyclic) bond motifs is 6. The summed E-state index contributed by atoms with van der Waals surface area (Å²) in [4.78, 5) is 0. The molecule has 0 aliphatic carbocycles. The minimum Gasteiger partial charge on any atom is -0.399 e. The highest BCUT2D eigenvalue weighted by Crippen LogP contribution is 2.43. The van der Waals surface area contributed by atoms with Crippen molar-refractivity contribution in [3.05, 3.63) is 59.4 Å². The van der Waals surface area contributed by atoms with Crippen LogP contribution in [0.5, 0.6) is 0 Å². The lowest BCUT2D eigenvalue weighted by Gasteiger charge is -2.32. The number of halogens is 1. The fourth-order valence-corrected chi connectivity index (χ4v) is 5.63. The van der Waals surface area contributed by atoms with Gasteiger partial charge in [-0.1, -0.05) is 47.6 Å². The Bertz CT molecular complexity index is 1700. The van der Waals surface area contributed by atoms with Gasteiger partial charge in [0.15, 0.2) is 0 Å². The second-order valence-electron chi connectivity index (χ2n) is 14.0. The van der Waals surface area contributed by atoms with Crippen molar-refractivity contribution in [3.8, 4) is 0 Å². The minimum absolute atomic E-state index is 0.0297. The molecule has 3 nitrogen and oxygen atoms in total. The van der Waals surface area contributed by atoms with Crippen LogP contribution in [-0.2, 0) is 20.1 Å². The van der Waals surface area contributed by atoms with Gasteiger partial charge >= 0.3 is 7.12 Å². The van der Waals surface area contributed by atoms with Crippen LogP contribution >= 0.6 is 0 Å². The number of benzene rings is 3. The van der Waals surface area contributed by atoms with Crippen LogP contribution in [0.4, 0.5) is 4.39 Å². The van der Waals surface area contributed by atoms with Crippen molar-refractivity contribution in [2.75, 3.05) is 0 Å². The van der Waals surface area contributed by atoms with E-state index >= 15 is 4.39 Å². The van der Waals surface area contributed by atoms with Crippen LogP contribution in [0.2, 0.25) is 0 Å². The molecule has 0 amide bonds. The van der Waals surface area contributed by atoms with Gasteiger partial charge in [-0.15, -0.1) is 0 Å². The summed E-state index contributed by atoms with van der Waals surface area (Å²) >= 11 is 0. The van der Waals surface area contributed by atoms with Crippen LogP contribution in [0.15, 0.2) is 42.5 Å². The first kappa shape index (κ1) is 24.7. The molecule has 0 N–H and O–H groups in total. The molecular weight excluding hydrogens is 460 g/mol. The van der Waals surface area contributed by atoms with Gasteiger partial charge in [-0.25, -0.2) is 4.39 Å². The summed E-state index contributed by atoms with van der Waals surface area (Å²) in [6.45, 7) is 21.5. The number of aromatic nitrogens is 1. The molecule has 2 aromatic heterocycles. The average Bonchev–Trinajstić information content (AvgIpc) is 3.34. The first-order valence-corrected chi connectivity index (χ1v) is 13.3. The third-order valence-corrected chi connectivity index (χ3v) is 8.75. The van der Waals surface area contributed by atoms with Gasteiger partial charge in [0.25, 0.3) is 0 Å². The lowest BCUT2D eigenvalue weighted by atomic mass is 9.77. The van der Waals surface area contributed by atoms with E-state index in [1.54, 1.807) is 6.07 Å².